The summed E-state index contributed by atoms with van der Waals surface area (Å²) in [4.78, 5) is 11.0. The molecule has 0 unspecified atom stereocenters. The number of nitrogens with one attached hydrogen (secondary N) is 1. The van der Waals surface area contributed by atoms with Gasteiger partial charge in [-0.25, -0.2) is 0 Å². The van der Waals surface area contributed by atoms with Crippen molar-refractivity contribution in [2.75, 3.05) is 7.05 Å². The van der Waals surface area contributed by atoms with E-state index in [1.165, 1.54) is 38.5 Å². The van der Waals surface area contributed by atoms with Crippen LogP contribution in [0.1, 0.15) is 71.6 Å². The first kappa shape index (κ1) is 15.5. The second-order valence-electron chi connectivity index (χ2n) is 4.65. The summed E-state index contributed by atoms with van der Waals surface area (Å²) in [6, 6.07) is 0. The average Bonchev–Trinajstić information content (AvgIpc) is 2.28. The highest BCUT2D eigenvalue weighted by Gasteiger charge is 2.04. The third-order valence-electron chi connectivity index (χ3n) is 2.99. The van der Waals surface area contributed by atoms with E-state index in [9.17, 15) is 4.79 Å². The molecule has 0 rings (SSSR count). The molecule has 0 aliphatic heterocycles. The maximum absolute atomic E-state index is 11.0. The Bertz CT molecular complexity index is 168. The van der Waals surface area contributed by atoms with Crippen LogP contribution in [0.2, 0.25) is 0 Å². The number of carbonyl (C=O) groups is 1. The third-order valence-corrected chi connectivity index (χ3v) is 2.99. The molecule has 0 saturated heterocycles. The van der Waals surface area contributed by atoms with Crippen molar-refractivity contribution in [1.29, 1.82) is 0 Å². The molecule has 1 amide bonds. The van der Waals surface area contributed by atoms with Crippen molar-refractivity contribution in [3.8, 4) is 0 Å². The number of hydrogen-bond acceptors (Lipinski definition) is 1. The maximum Gasteiger partial charge on any atom is 0.219 e. The number of hydrogen-bond donors (Lipinski definition) is 1. The van der Waals surface area contributed by atoms with E-state index in [1.807, 2.05) is 0 Å². The molecule has 2 nitrogen and oxygen atoms in total. The quantitative estimate of drug-likeness (QED) is 0.563. The van der Waals surface area contributed by atoms with Gasteiger partial charge < -0.3 is 5.32 Å². The van der Waals surface area contributed by atoms with Gasteiger partial charge in [0.1, 0.15) is 0 Å². The molecule has 0 heterocycles. The summed E-state index contributed by atoms with van der Waals surface area (Å²) in [6.45, 7) is 4.47. The van der Waals surface area contributed by atoms with Crippen LogP contribution in [0.4, 0.5) is 0 Å². The minimum absolute atomic E-state index is 0.163. The standard InChI is InChI=1S/C14H28NO/c1-4-5-6-7-8-10-13(2)11-9-12-14(16)15-3/h4-12H2,1-3H3,(H,15,16). The zero-order chi connectivity index (χ0) is 12.2. The van der Waals surface area contributed by atoms with Crippen molar-refractivity contribution in [2.45, 2.75) is 71.6 Å². The Morgan fingerprint density at radius 1 is 0.938 bits per heavy atom. The molecule has 1 radical (unpaired) electrons. The molecule has 0 spiro atoms. The predicted octanol–water partition coefficient (Wildman–Crippen LogP) is 3.86. The Morgan fingerprint density at radius 3 is 2.19 bits per heavy atom. The van der Waals surface area contributed by atoms with Gasteiger partial charge in [-0.15, -0.1) is 0 Å². The molecule has 1 N–H and O–H groups in total. The van der Waals surface area contributed by atoms with Crippen LogP contribution < -0.4 is 5.32 Å². The Hall–Kier alpha value is -0.530. The van der Waals surface area contributed by atoms with Crippen LogP contribution in [-0.2, 0) is 4.79 Å². The van der Waals surface area contributed by atoms with Gasteiger partial charge in [0.15, 0.2) is 0 Å². The van der Waals surface area contributed by atoms with Crippen LogP contribution in [0.3, 0.4) is 0 Å². The van der Waals surface area contributed by atoms with E-state index in [1.54, 1.807) is 13.0 Å². The van der Waals surface area contributed by atoms with Crippen molar-refractivity contribution in [1.82, 2.24) is 5.32 Å². The lowest BCUT2D eigenvalue weighted by Gasteiger charge is -2.09. The van der Waals surface area contributed by atoms with Crippen molar-refractivity contribution < 1.29 is 4.79 Å². The van der Waals surface area contributed by atoms with Gasteiger partial charge in [-0.05, 0) is 25.2 Å². The van der Waals surface area contributed by atoms with Crippen molar-refractivity contribution in [3.63, 3.8) is 0 Å². The lowest BCUT2D eigenvalue weighted by Crippen LogP contribution is -2.17. The lowest BCUT2D eigenvalue weighted by atomic mass is 9.97. The smallest absolute Gasteiger partial charge is 0.219 e. The average molecular weight is 226 g/mol. The van der Waals surface area contributed by atoms with E-state index in [0.717, 1.165) is 12.8 Å². The highest BCUT2D eigenvalue weighted by molar-refractivity contribution is 5.75. The third kappa shape index (κ3) is 10.0. The van der Waals surface area contributed by atoms with Gasteiger partial charge in [0.25, 0.3) is 0 Å². The number of rotatable bonds is 10. The van der Waals surface area contributed by atoms with Gasteiger partial charge in [0.05, 0.1) is 0 Å². The largest absolute Gasteiger partial charge is 0.359 e. The van der Waals surface area contributed by atoms with Gasteiger partial charge in [0.2, 0.25) is 5.91 Å². The summed E-state index contributed by atoms with van der Waals surface area (Å²) in [7, 11) is 1.70. The van der Waals surface area contributed by atoms with Crippen LogP contribution >= 0.6 is 0 Å². The highest BCUT2D eigenvalue weighted by atomic mass is 16.1. The summed E-state index contributed by atoms with van der Waals surface area (Å²) in [5.74, 6) is 1.72. The van der Waals surface area contributed by atoms with Crippen LogP contribution in [0.25, 0.3) is 0 Å². The summed E-state index contributed by atoms with van der Waals surface area (Å²) in [5, 5.41) is 2.66. The molecule has 2 heteroatoms. The summed E-state index contributed by atoms with van der Waals surface area (Å²) < 4.78 is 0. The normalized spacial score (nSPS) is 10.8. The summed E-state index contributed by atoms with van der Waals surface area (Å²) in [5.41, 5.74) is 0. The molecule has 0 fully saturated rings. The van der Waals surface area contributed by atoms with Crippen molar-refractivity contribution in [3.05, 3.63) is 5.92 Å². The van der Waals surface area contributed by atoms with Gasteiger partial charge in [-0.2, -0.15) is 0 Å². The van der Waals surface area contributed by atoms with Gasteiger partial charge in [-0.1, -0.05) is 46.0 Å². The predicted molar refractivity (Wildman–Crippen MR) is 70.2 cm³/mol. The fourth-order valence-corrected chi connectivity index (χ4v) is 1.83. The molecule has 0 aromatic carbocycles. The Kier molecular flexibility index (Phi) is 10.6. The topological polar surface area (TPSA) is 29.1 Å². The molecule has 16 heavy (non-hydrogen) atoms. The van der Waals surface area contributed by atoms with Crippen LogP contribution in [0.5, 0.6) is 0 Å². The van der Waals surface area contributed by atoms with E-state index in [4.69, 9.17) is 0 Å². The monoisotopic (exact) mass is 226 g/mol. The van der Waals surface area contributed by atoms with Crippen molar-refractivity contribution >= 4 is 5.91 Å². The van der Waals surface area contributed by atoms with E-state index >= 15 is 0 Å². The van der Waals surface area contributed by atoms with Gasteiger partial charge >= 0.3 is 0 Å². The molecule has 0 saturated carbocycles. The molecule has 0 aromatic rings. The molecule has 95 valence electrons. The van der Waals surface area contributed by atoms with E-state index in [2.05, 4.69) is 19.2 Å². The molecule has 0 aliphatic rings. The van der Waals surface area contributed by atoms with Crippen LogP contribution in [0, 0.1) is 5.92 Å². The lowest BCUT2D eigenvalue weighted by molar-refractivity contribution is -0.120. The first-order valence-corrected chi connectivity index (χ1v) is 6.72. The minimum atomic E-state index is 0.163. The van der Waals surface area contributed by atoms with E-state index in [-0.39, 0.29) is 5.91 Å². The van der Waals surface area contributed by atoms with Gasteiger partial charge in [-0.3, -0.25) is 4.79 Å². The first-order chi connectivity index (χ1) is 7.70. The molecule has 0 aromatic heterocycles. The fraction of sp³-hybridized carbons (Fsp3) is 0.857. The summed E-state index contributed by atoms with van der Waals surface area (Å²) in [6.07, 6.45) is 10.8. The summed E-state index contributed by atoms with van der Waals surface area (Å²) >= 11 is 0. The maximum atomic E-state index is 11.0. The SMILES string of the molecule is CCCCCCC[C](C)CCCC(=O)NC. The second-order valence-corrected chi connectivity index (χ2v) is 4.65. The minimum Gasteiger partial charge on any atom is -0.359 e. The molecule has 0 bridgehead atoms. The molecular formula is C14H28NO. The van der Waals surface area contributed by atoms with E-state index < -0.39 is 0 Å². The molecular weight excluding hydrogens is 198 g/mol. The number of amides is 1. The first-order valence-electron chi connectivity index (χ1n) is 6.72. The Morgan fingerprint density at radius 2 is 1.56 bits per heavy atom. The van der Waals surface area contributed by atoms with E-state index in [0.29, 0.717) is 6.42 Å². The number of unbranched alkanes of at least 4 members (excludes halogenated alkanes) is 4. The zero-order valence-corrected chi connectivity index (χ0v) is 11.3. The Balaban J connectivity index is 3.24. The van der Waals surface area contributed by atoms with Crippen LogP contribution in [0.15, 0.2) is 0 Å². The highest BCUT2D eigenvalue weighted by Crippen LogP contribution is 2.18. The number of carbonyl (C=O) groups excluding carboxylic acids is 1. The second kappa shape index (κ2) is 11.0. The van der Waals surface area contributed by atoms with Crippen LogP contribution in [-0.4, -0.2) is 13.0 Å². The Labute approximate surface area is 101 Å². The molecule has 0 atom stereocenters. The molecule has 0 aliphatic carbocycles. The van der Waals surface area contributed by atoms with Crippen molar-refractivity contribution in [2.24, 2.45) is 0 Å². The van der Waals surface area contributed by atoms with Gasteiger partial charge in [0, 0.05) is 13.5 Å². The fourth-order valence-electron chi connectivity index (χ4n) is 1.83. The zero-order valence-electron chi connectivity index (χ0n) is 11.3.